The summed E-state index contributed by atoms with van der Waals surface area (Å²) in [5.41, 5.74) is 1.71. The van der Waals surface area contributed by atoms with Crippen LogP contribution in [0.4, 0.5) is 5.13 Å². The van der Waals surface area contributed by atoms with Gasteiger partial charge in [0, 0.05) is 43.4 Å². The first-order chi connectivity index (χ1) is 10.1. The lowest BCUT2D eigenvalue weighted by Gasteiger charge is -2.37. The average molecular weight is 302 g/mol. The number of hydrogen-bond acceptors (Lipinski definition) is 5. The van der Waals surface area contributed by atoms with Crippen molar-refractivity contribution < 1.29 is 9.59 Å². The second-order valence-corrected chi connectivity index (χ2v) is 5.75. The minimum atomic E-state index is -0.139. The van der Waals surface area contributed by atoms with Crippen LogP contribution in [0.5, 0.6) is 0 Å². The van der Waals surface area contributed by atoms with Gasteiger partial charge in [-0.3, -0.25) is 14.6 Å². The predicted octanol–water partition coefficient (Wildman–Crippen LogP) is 1.62. The maximum Gasteiger partial charge on any atom is 0.232 e. The molecule has 6 nitrogen and oxygen atoms in total. The van der Waals surface area contributed by atoms with Crippen LogP contribution >= 0.6 is 11.3 Å². The number of hydrogen-bond donors (Lipinski definition) is 1. The number of nitrogens with one attached hydrogen (secondary N) is 1. The molecule has 0 unspecified atom stereocenters. The van der Waals surface area contributed by atoms with E-state index in [-0.39, 0.29) is 17.7 Å². The topological polar surface area (TPSA) is 75.2 Å². The molecule has 1 saturated heterocycles. The van der Waals surface area contributed by atoms with E-state index in [2.05, 4.69) is 15.3 Å². The van der Waals surface area contributed by atoms with Crippen LogP contribution in [0.15, 0.2) is 29.9 Å². The molecule has 0 aromatic carbocycles. The quantitative estimate of drug-likeness (QED) is 0.935. The van der Waals surface area contributed by atoms with Gasteiger partial charge in [-0.25, -0.2) is 4.98 Å². The zero-order chi connectivity index (χ0) is 14.8. The zero-order valence-electron chi connectivity index (χ0n) is 11.4. The van der Waals surface area contributed by atoms with Crippen molar-refractivity contribution in [3.8, 4) is 11.3 Å². The molecule has 2 amide bonds. The number of pyridine rings is 1. The van der Waals surface area contributed by atoms with Crippen LogP contribution in [0.3, 0.4) is 0 Å². The standard InChI is InChI=1S/C14H14N4O2S/c1-9(19)18-6-11(7-18)13(20)17-14-16-12(8-21-14)10-3-2-4-15-5-10/h2-5,8,11H,6-7H2,1H3,(H,16,17,20). The number of likely N-dealkylation sites (tertiary alicyclic amines) is 1. The molecule has 2 aromatic heterocycles. The molecule has 0 aliphatic carbocycles. The van der Waals surface area contributed by atoms with Gasteiger partial charge in [-0.15, -0.1) is 11.3 Å². The van der Waals surface area contributed by atoms with E-state index in [0.29, 0.717) is 18.2 Å². The number of carbonyl (C=O) groups is 2. The minimum absolute atomic E-state index is 0.00663. The minimum Gasteiger partial charge on any atom is -0.341 e. The number of rotatable bonds is 3. The van der Waals surface area contributed by atoms with Crippen molar-refractivity contribution >= 4 is 28.3 Å². The Hall–Kier alpha value is -2.28. The molecule has 108 valence electrons. The summed E-state index contributed by atoms with van der Waals surface area (Å²) in [5, 5.41) is 5.26. The Morgan fingerprint density at radius 2 is 2.24 bits per heavy atom. The van der Waals surface area contributed by atoms with Crippen molar-refractivity contribution in [3.63, 3.8) is 0 Å². The first-order valence-corrected chi connectivity index (χ1v) is 7.44. The van der Waals surface area contributed by atoms with Gasteiger partial charge in [-0.1, -0.05) is 0 Å². The molecular weight excluding hydrogens is 288 g/mol. The molecule has 0 bridgehead atoms. The molecule has 2 aromatic rings. The summed E-state index contributed by atoms with van der Waals surface area (Å²) in [5.74, 6) is -0.216. The molecule has 3 heterocycles. The van der Waals surface area contributed by atoms with Crippen LogP contribution in [-0.4, -0.2) is 39.8 Å². The van der Waals surface area contributed by atoms with E-state index in [4.69, 9.17) is 0 Å². The van der Waals surface area contributed by atoms with E-state index in [0.717, 1.165) is 11.3 Å². The maximum atomic E-state index is 12.0. The monoisotopic (exact) mass is 302 g/mol. The Morgan fingerprint density at radius 1 is 1.43 bits per heavy atom. The van der Waals surface area contributed by atoms with Gasteiger partial charge in [-0.2, -0.15) is 0 Å². The van der Waals surface area contributed by atoms with Gasteiger partial charge >= 0.3 is 0 Å². The predicted molar refractivity (Wildman–Crippen MR) is 79.7 cm³/mol. The van der Waals surface area contributed by atoms with Crippen molar-refractivity contribution in [2.75, 3.05) is 18.4 Å². The molecule has 1 fully saturated rings. The first-order valence-electron chi connectivity index (χ1n) is 6.56. The van der Waals surface area contributed by atoms with E-state index in [1.165, 1.54) is 18.3 Å². The van der Waals surface area contributed by atoms with E-state index in [9.17, 15) is 9.59 Å². The molecular formula is C14H14N4O2S. The lowest BCUT2D eigenvalue weighted by Crippen LogP contribution is -2.53. The van der Waals surface area contributed by atoms with Gasteiger partial charge in [0.2, 0.25) is 11.8 Å². The van der Waals surface area contributed by atoms with Gasteiger partial charge in [-0.05, 0) is 12.1 Å². The lowest BCUT2D eigenvalue weighted by molar-refractivity contribution is -0.139. The zero-order valence-corrected chi connectivity index (χ0v) is 12.3. The summed E-state index contributed by atoms with van der Waals surface area (Å²) in [7, 11) is 0. The molecule has 0 spiro atoms. The summed E-state index contributed by atoms with van der Waals surface area (Å²) >= 11 is 1.38. The molecule has 7 heteroatoms. The van der Waals surface area contributed by atoms with Crippen LogP contribution < -0.4 is 5.32 Å². The Morgan fingerprint density at radius 3 is 2.90 bits per heavy atom. The van der Waals surface area contributed by atoms with Crippen molar-refractivity contribution in [2.45, 2.75) is 6.92 Å². The Kier molecular flexibility index (Phi) is 3.66. The fourth-order valence-corrected chi connectivity index (χ4v) is 2.81. The highest BCUT2D eigenvalue weighted by Gasteiger charge is 2.34. The number of anilines is 1. The number of nitrogens with zero attached hydrogens (tertiary/aromatic N) is 3. The maximum absolute atomic E-state index is 12.0. The van der Waals surface area contributed by atoms with Crippen LogP contribution in [0, 0.1) is 5.92 Å². The normalized spacial score (nSPS) is 14.6. The summed E-state index contributed by atoms with van der Waals surface area (Å²) in [6, 6.07) is 3.77. The molecule has 3 rings (SSSR count). The fourth-order valence-electron chi connectivity index (χ4n) is 2.09. The van der Waals surface area contributed by atoms with Gasteiger partial charge in [0.15, 0.2) is 5.13 Å². The van der Waals surface area contributed by atoms with E-state index >= 15 is 0 Å². The Labute approximate surface area is 125 Å². The largest absolute Gasteiger partial charge is 0.341 e. The molecule has 1 aliphatic heterocycles. The lowest BCUT2D eigenvalue weighted by atomic mass is 9.99. The van der Waals surface area contributed by atoms with Crippen LogP contribution in [0.2, 0.25) is 0 Å². The number of thiazole rings is 1. The highest BCUT2D eigenvalue weighted by Crippen LogP contribution is 2.25. The summed E-state index contributed by atoms with van der Waals surface area (Å²) in [6.07, 6.45) is 3.44. The van der Waals surface area contributed by atoms with Crippen LogP contribution in [0.25, 0.3) is 11.3 Å². The van der Waals surface area contributed by atoms with Crippen molar-refractivity contribution in [3.05, 3.63) is 29.9 Å². The van der Waals surface area contributed by atoms with Crippen LogP contribution in [-0.2, 0) is 9.59 Å². The smallest absolute Gasteiger partial charge is 0.232 e. The average Bonchev–Trinajstić information content (AvgIpc) is 2.86. The third-order valence-corrected chi connectivity index (χ3v) is 4.15. The highest BCUT2D eigenvalue weighted by atomic mass is 32.1. The summed E-state index contributed by atoms with van der Waals surface area (Å²) in [6.45, 7) is 2.49. The second-order valence-electron chi connectivity index (χ2n) is 4.89. The van der Waals surface area contributed by atoms with Crippen molar-refractivity contribution in [2.24, 2.45) is 5.92 Å². The van der Waals surface area contributed by atoms with Crippen molar-refractivity contribution in [1.29, 1.82) is 0 Å². The Bertz CT molecular complexity index is 665. The van der Waals surface area contributed by atoms with Gasteiger partial charge in [0.1, 0.15) is 0 Å². The van der Waals surface area contributed by atoms with Gasteiger partial charge in [0.25, 0.3) is 0 Å². The molecule has 1 N–H and O–H groups in total. The SMILES string of the molecule is CC(=O)N1CC(C(=O)Nc2nc(-c3cccnc3)cs2)C1. The van der Waals surface area contributed by atoms with E-state index < -0.39 is 0 Å². The molecule has 0 atom stereocenters. The number of carbonyl (C=O) groups excluding carboxylic acids is 2. The summed E-state index contributed by atoms with van der Waals surface area (Å²) < 4.78 is 0. The molecule has 1 aliphatic rings. The third kappa shape index (κ3) is 2.92. The third-order valence-electron chi connectivity index (χ3n) is 3.39. The van der Waals surface area contributed by atoms with E-state index in [1.807, 2.05) is 17.5 Å². The van der Waals surface area contributed by atoms with E-state index in [1.54, 1.807) is 17.3 Å². The van der Waals surface area contributed by atoms with Gasteiger partial charge in [0.05, 0.1) is 11.6 Å². The highest BCUT2D eigenvalue weighted by molar-refractivity contribution is 7.14. The molecule has 0 radical (unpaired) electrons. The first kappa shape index (κ1) is 13.7. The summed E-state index contributed by atoms with van der Waals surface area (Å²) in [4.78, 5) is 33.2. The Balaban J connectivity index is 1.61. The van der Waals surface area contributed by atoms with Crippen molar-refractivity contribution in [1.82, 2.24) is 14.9 Å². The fraction of sp³-hybridized carbons (Fsp3) is 0.286. The molecule has 21 heavy (non-hydrogen) atoms. The second kappa shape index (κ2) is 5.61. The van der Waals surface area contributed by atoms with Gasteiger partial charge < -0.3 is 10.2 Å². The van der Waals surface area contributed by atoms with Crippen LogP contribution in [0.1, 0.15) is 6.92 Å². The molecule has 0 saturated carbocycles. The number of aromatic nitrogens is 2. The number of amides is 2.